The van der Waals surface area contributed by atoms with Gasteiger partial charge in [-0.15, -0.1) is 0 Å². The lowest BCUT2D eigenvalue weighted by molar-refractivity contribution is -0.125. The lowest BCUT2D eigenvalue weighted by Gasteiger charge is -2.27. The highest BCUT2D eigenvalue weighted by atomic mass is 16.5. The van der Waals surface area contributed by atoms with Crippen molar-refractivity contribution in [2.24, 2.45) is 11.1 Å². The molecular weight excluding hydrogens is 242 g/mol. The van der Waals surface area contributed by atoms with Crippen LogP contribution in [0.1, 0.15) is 44.7 Å². The second-order valence-electron chi connectivity index (χ2n) is 6.26. The molecule has 0 aromatic carbocycles. The molecule has 0 aliphatic heterocycles. The van der Waals surface area contributed by atoms with Gasteiger partial charge in [-0.2, -0.15) is 0 Å². The summed E-state index contributed by atoms with van der Waals surface area (Å²) >= 11 is 0. The molecule has 1 unspecified atom stereocenters. The van der Waals surface area contributed by atoms with Crippen molar-refractivity contribution in [2.75, 3.05) is 0 Å². The SMILES string of the molecule is Cc1noc(C)c1CC(C)NC(=O)[C@@H](N)C(C)(C)C. The van der Waals surface area contributed by atoms with Gasteiger partial charge in [0.05, 0.1) is 11.7 Å². The third-order valence-electron chi connectivity index (χ3n) is 3.30. The van der Waals surface area contributed by atoms with Crippen LogP contribution in [0.15, 0.2) is 4.52 Å². The lowest BCUT2D eigenvalue weighted by Crippen LogP contribution is -2.51. The van der Waals surface area contributed by atoms with Crippen LogP contribution in [0, 0.1) is 19.3 Å². The Kier molecular flexibility index (Phi) is 4.74. The second kappa shape index (κ2) is 5.74. The molecule has 2 atom stereocenters. The van der Waals surface area contributed by atoms with Crippen molar-refractivity contribution < 1.29 is 9.32 Å². The van der Waals surface area contributed by atoms with Crippen LogP contribution in [0.25, 0.3) is 0 Å². The molecule has 0 spiro atoms. The number of nitrogens with two attached hydrogens (primary N) is 1. The molecule has 1 rings (SSSR count). The normalized spacial score (nSPS) is 15.1. The number of aryl methyl sites for hydroxylation is 2. The van der Waals surface area contributed by atoms with E-state index < -0.39 is 6.04 Å². The standard InChI is InChI=1S/C14H25N3O2/c1-8(7-11-9(2)17-19-10(11)3)16-13(18)12(15)14(4,5)6/h8,12H,7,15H2,1-6H3,(H,16,18)/t8?,12-/m1/s1. The predicted molar refractivity (Wildman–Crippen MR) is 74.7 cm³/mol. The summed E-state index contributed by atoms with van der Waals surface area (Å²) in [6.07, 6.45) is 0.698. The fourth-order valence-corrected chi connectivity index (χ4v) is 1.88. The van der Waals surface area contributed by atoms with E-state index in [1.165, 1.54) is 0 Å². The van der Waals surface area contributed by atoms with Crippen molar-refractivity contribution in [1.82, 2.24) is 10.5 Å². The molecule has 0 bridgehead atoms. The Hall–Kier alpha value is -1.36. The van der Waals surface area contributed by atoms with Crippen molar-refractivity contribution >= 4 is 5.91 Å². The zero-order valence-corrected chi connectivity index (χ0v) is 12.7. The average Bonchev–Trinajstić information content (AvgIpc) is 2.58. The maximum Gasteiger partial charge on any atom is 0.237 e. The van der Waals surface area contributed by atoms with Crippen molar-refractivity contribution in [1.29, 1.82) is 0 Å². The van der Waals surface area contributed by atoms with Crippen LogP contribution in [0.4, 0.5) is 0 Å². The Morgan fingerprint density at radius 1 is 1.42 bits per heavy atom. The van der Waals surface area contributed by atoms with E-state index in [0.29, 0.717) is 6.42 Å². The maximum absolute atomic E-state index is 12.0. The number of carbonyl (C=O) groups is 1. The van der Waals surface area contributed by atoms with Gasteiger partial charge in [0.1, 0.15) is 5.76 Å². The van der Waals surface area contributed by atoms with Gasteiger partial charge in [0, 0.05) is 11.6 Å². The fourth-order valence-electron chi connectivity index (χ4n) is 1.88. The molecule has 1 aromatic heterocycles. The number of nitrogens with zero attached hydrogens (tertiary/aromatic N) is 1. The van der Waals surface area contributed by atoms with Crippen LogP contribution >= 0.6 is 0 Å². The molecule has 3 N–H and O–H groups in total. The van der Waals surface area contributed by atoms with Crippen molar-refractivity contribution in [3.8, 4) is 0 Å². The molecule has 0 saturated carbocycles. The highest BCUT2D eigenvalue weighted by Crippen LogP contribution is 2.18. The number of aromatic nitrogens is 1. The molecular formula is C14H25N3O2. The van der Waals surface area contributed by atoms with E-state index in [4.69, 9.17) is 10.3 Å². The van der Waals surface area contributed by atoms with Crippen LogP contribution in [0.2, 0.25) is 0 Å². The Labute approximate surface area is 114 Å². The van der Waals surface area contributed by atoms with Gasteiger partial charge in [-0.05, 0) is 32.6 Å². The average molecular weight is 267 g/mol. The van der Waals surface area contributed by atoms with Gasteiger partial charge in [0.25, 0.3) is 0 Å². The molecule has 1 aromatic rings. The lowest BCUT2D eigenvalue weighted by atomic mass is 9.86. The topological polar surface area (TPSA) is 81.2 Å². The molecule has 1 amide bonds. The quantitative estimate of drug-likeness (QED) is 0.870. The van der Waals surface area contributed by atoms with Crippen LogP contribution in [-0.4, -0.2) is 23.1 Å². The summed E-state index contributed by atoms with van der Waals surface area (Å²) in [5, 5.41) is 6.86. The second-order valence-corrected chi connectivity index (χ2v) is 6.26. The molecule has 0 saturated heterocycles. The third-order valence-corrected chi connectivity index (χ3v) is 3.30. The summed E-state index contributed by atoms with van der Waals surface area (Å²) < 4.78 is 5.12. The summed E-state index contributed by atoms with van der Waals surface area (Å²) in [5.74, 6) is 0.686. The van der Waals surface area contributed by atoms with Crippen molar-refractivity contribution in [2.45, 2.75) is 60.0 Å². The third kappa shape index (κ3) is 4.06. The predicted octanol–water partition coefficient (Wildman–Crippen LogP) is 1.71. The molecule has 0 fully saturated rings. The van der Waals surface area contributed by atoms with Gasteiger partial charge < -0.3 is 15.6 Å². The van der Waals surface area contributed by atoms with Gasteiger partial charge in [0.15, 0.2) is 0 Å². The first-order valence-corrected chi connectivity index (χ1v) is 6.60. The number of nitrogens with one attached hydrogen (secondary N) is 1. The number of rotatable bonds is 4. The smallest absolute Gasteiger partial charge is 0.237 e. The Morgan fingerprint density at radius 2 is 2.00 bits per heavy atom. The van der Waals surface area contributed by atoms with Gasteiger partial charge >= 0.3 is 0 Å². The van der Waals surface area contributed by atoms with Crippen LogP contribution < -0.4 is 11.1 Å². The molecule has 5 nitrogen and oxygen atoms in total. The van der Waals surface area contributed by atoms with E-state index in [1.54, 1.807) is 0 Å². The summed E-state index contributed by atoms with van der Waals surface area (Å²) in [6.45, 7) is 11.6. The highest BCUT2D eigenvalue weighted by molar-refractivity contribution is 5.82. The molecule has 0 aliphatic rings. The summed E-state index contributed by atoms with van der Waals surface area (Å²) in [4.78, 5) is 12.0. The largest absolute Gasteiger partial charge is 0.361 e. The Balaban J connectivity index is 2.61. The van der Waals surface area contributed by atoms with E-state index in [1.807, 2.05) is 41.5 Å². The first-order chi connectivity index (χ1) is 8.62. The van der Waals surface area contributed by atoms with Gasteiger partial charge in [-0.1, -0.05) is 25.9 Å². The first-order valence-electron chi connectivity index (χ1n) is 6.60. The van der Waals surface area contributed by atoms with Crippen LogP contribution in [-0.2, 0) is 11.2 Å². The van der Waals surface area contributed by atoms with E-state index in [-0.39, 0.29) is 17.4 Å². The maximum atomic E-state index is 12.0. The minimum Gasteiger partial charge on any atom is -0.361 e. The highest BCUT2D eigenvalue weighted by Gasteiger charge is 2.28. The zero-order chi connectivity index (χ0) is 14.8. The first kappa shape index (κ1) is 15.7. The zero-order valence-electron chi connectivity index (χ0n) is 12.7. The number of hydrogen-bond donors (Lipinski definition) is 2. The summed E-state index contributed by atoms with van der Waals surface area (Å²) in [6, 6.07) is -0.516. The number of carbonyl (C=O) groups excluding carboxylic acids is 1. The minimum atomic E-state index is -0.514. The van der Waals surface area contributed by atoms with Gasteiger partial charge in [-0.25, -0.2) is 0 Å². The van der Waals surface area contributed by atoms with E-state index in [0.717, 1.165) is 17.0 Å². The minimum absolute atomic E-state index is 0.00213. The number of amides is 1. The van der Waals surface area contributed by atoms with Crippen molar-refractivity contribution in [3.05, 3.63) is 17.0 Å². The van der Waals surface area contributed by atoms with E-state index in [9.17, 15) is 4.79 Å². The monoisotopic (exact) mass is 267 g/mol. The Morgan fingerprint density at radius 3 is 2.42 bits per heavy atom. The van der Waals surface area contributed by atoms with E-state index >= 15 is 0 Å². The van der Waals surface area contributed by atoms with Crippen molar-refractivity contribution in [3.63, 3.8) is 0 Å². The molecule has 108 valence electrons. The van der Waals surface area contributed by atoms with Crippen LogP contribution in [0.5, 0.6) is 0 Å². The molecule has 0 radical (unpaired) electrons. The van der Waals surface area contributed by atoms with Gasteiger partial charge in [0.2, 0.25) is 5.91 Å². The summed E-state index contributed by atoms with van der Waals surface area (Å²) in [7, 11) is 0. The number of hydrogen-bond acceptors (Lipinski definition) is 4. The Bertz CT molecular complexity index is 427. The van der Waals surface area contributed by atoms with Crippen LogP contribution in [0.3, 0.4) is 0 Å². The summed E-state index contributed by atoms with van der Waals surface area (Å²) in [5.41, 5.74) is 7.62. The van der Waals surface area contributed by atoms with Gasteiger partial charge in [-0.3, -0.25) is 4.79 Å². The molecule has 1 heterocycles. The fraction of sp³-hybridized carbons (Fsp3) is 0.714. The molecule has 5 heteroatoms. The molecule has 0 aliphatic carbocycles. The van der Waals surface area contributed by atoms with E-state index in [2.05, 4.69) is 10.5 Å². The molecule has 19 heavy (non-hydrogen) atoms.